The number of amides is 1. The maximum absolute atomic E-state index is 12.3. The second-order valence-electron chi connectivity index (χ2n) is 6.10. The average molecular weight is 404 g/mol. The molecule has 142 valence electrons. The molecule has 0 aliphatic carbocycles. The second kappa shape index (κ2) is 8.53. The van der Waals surface area contributed by atoms with Gasteiger partial charge in [0.15, 0.2) is 10.3 Å². The van der Waals surface area contributed by atoms with Gasteiger partial charge < -0.3 is 14.6 Å². The van der Waals surface area contributed by atoms with Crippen LogP contribution in [0.25, 0.3) is 11.3 Å². The van der Waals surface area contributed by atoms with Crippen LogP contribution in [-0.2, 0) is 4.79 Å². The number of nitrogens with one attached hydrogen (secondary N) is 1. The maximum atomic E-state index is 12.3. The molecule has 0 radical (unpaired) electrons. The summed E-state index contributed by atoms with van der Waals surface area (Å²) in [5, 5.41) is 12.2. The summed E-state index contributed by atoms with van der Waals surface area (Å²) in [7, 11) is 1.64. The first-order chi connectivity index (χ1) is 13.0. The van der Waals surface area contributed by atoms with E-state index in [0.717, 1.165) is 27.0 Å². The van der Waals surface area contributed by atoms with Crippen molar-refractivity contribution in [1.82, 2.24) is 19.7 Å². The van der Waals surface area contributed by atoms with Gasteiger partial charge in [-0.3, -0.25) is 4.79 Å². The van der Waals surface area contributed by atoms with Gasteiger partial charge in [-0.05, 0) is 45.0 Å². The Bertz CT molecular complexity index is 918. The zero-order valence-electron chi connectivity index (χ0n) is 15.6. The Morgan fingerprint density at radius 3 is 2.74 bits per heavy atom. The van der Waals surface area contributed by atoms with Crippen LogP contribution < -0.4 is 10.1 Å². The summed E-state index contributed by atoms with van der Waals surface area (Å²) in [6, 6.07) is 7.96. The fourth-order valence-corrected chi connectivity index (χ4v) is 4.14. The molecule has 3 rings (SSSR count). The number of rotatable bonds is 7. The van der Waals surface area contributed by atoms with Crippen molar-refractivity contribution in [3.05, 3.63) is 35.5 Å². The van der Waals surface area contributed by atoms with E-state index >= 15 is 0 Å². The molecule has 0 bridgehead atoms. The molecule has 0 fully saturated rings. The number of hydrogen-bond acceptors (Lipinski definition) is 7. The lowest BCUT2D eigenvalue weighted by molar-refractivity contribution is -0.113. The highest BCUT2D eigenvalue weighted by molar-refractivity contribution is 7.99. The van der Waals surface area contributed by atoms with Crippen LogP contribution in [0.15, 0.2) is 35.7 Å². The van der Waals surface area contributed by atoms with Crippen LogP contribution in [0.3, 0.4) is 0 Å². The lowest BCUT2D eigenvalue weighted by atomic mass is 10.1. The quantitative estimate of drug-likeness (QED) is 0.600. The Kier molecular flexibility index (Phi) is 6.12. The summed E-state index contributed by atoms with van der Waals surface area (Å²) >= 11 is 2.82. The lowest BCUT2D eigenvalue weighted by Crippen LogP contribution is -2.14. The number of aryl methyl sites for hydroxylation is 1. The third-order valence-corrected chi connectivity index (χ3v) is 5.68. The molecule has 0 spiro atoms. The molecule has 0 aliphatic rings. The van der Waals surface area contributed by atoms with Gasteiger partial charge in [0.2, 0.25) is 5.91 Å². The highest BCUT2D eigenvalue weighted by Crippen LogP contribution is 2.31. The first-order valence-corrected chi connectivity index (χ1v) is 10.2. The molecule has 3 aromatic rings. The molecule has 27 heavy (non-hydrogen) atoms. The van der Waals surface area contributed by atoms with E-state index in [2.05, 4.69) is 20.5 Å². The number of aromatic nitrogens is 4. The minimum absolute atomic E-state index is 0.117. The fourth-order valence-electron chi connectivity index (χ4n) is 2.44. The van der Waals surface area contributed by atoms with Gasteiger partial charge in [0.05, 0.1) is 18.6 Å². The third kappa shape index (κ3) is 4.67. The molecule has 1 aromatic carbocycles. The van der Waals surface area contributed by atoms with Gasteiger partial charge in [-0.2, -0.15) is 0 Å². The minimum atomic E-state index is -0.117. The molecule has 1 amide bonds. The Morgan fingerprint density at radius 1 is 1.33 bits per heavy atom. The van der Waals surface area contributed by atoms with E-state index in [4.69, 9.17) is 4.74 Å². The number of methoxy groups -OCH3 is 1. The van der Waals surface area contributed by atoms with Gasteiger partial charge in [-0.15, -0.1) is 21.5 Å². The summed E-state index contributed by atoms with van der Waals surface area (Å²) in [5.41, 5.74) is 1.86. The van der Waals surface area contributed by atoms with Crippen molar-refractivity contribution in [1.29, 1.82) is 0 Å². The van der Waals surface area contributed by atoms with Crippen LogP contribution in [0.1, 0.15) is 24.8 Å². The number of anilines is 1. The van der Waals surface area contributed by atoms with E-state index in [9.17, 15) is 4.79 Å². The molecule has 0 aliphatic heterocycles. The van der Waals surface area contributed by atoms with Crippen LogP contribution in [-0.4, -0.2) is 38.5 Å². The zero-order valence-corrected chi connectivity index (χ0v) is 17.2. The lowest BCUT2D eigenvalue weighted by Gasteiger charge is -2.08. The topological polar surface area (TPSA) is 81.9 Å². The number of benzene rings is 1. The molecule has 0 saturated carbocycles. The first kappa shape index (κ1) is 19.4. The average Bonchev–Trinajstić information content (AvgIpc) is 3.26. The van der Waals surface area contributed by atoms with E-state index in [1.807, 2.05) is 49.6 Å². The van der Waals surface area contributed by atoms with Crippen molar-refractivity contribution in [2.45, 2.75) is 32.0 Å². The number of thioether (sulfide) groups is 1. The predicted octanol–water partition coefficient (Wildman–Crippen LogP) is 4.03. The molecular weight excluding hydrogens is 382 g/mol. The van der Waals surface area contributed by atoms with E-state index in [0.29, 0.717) is 5.13 Å². The van der Waals surface area contributed by atoms with Crippen LogP contribution in [0, 0.1) is 6.92 Å². The summed E-state index contributed by atoms with van der Waals surface area (Å²) in [5.74, 6) is 0.932. The van der Waals surface area contributed by atoms with Crippen molar-refractivity contribution >= 4 is 34.1 Å². The van der Waals surface area contributed by atoms with Crippen LogP contribution >= 0.6 is 23.1 Å². The van der Waals surface area contributed by atoms with E-state index in [1.54, 1.807) is 13.4 Å². The largest absolute Gasteiger partial charge is 0.497 e. The maximum Gasteiger partial charge on any atom is 0.236 e. The van der Waals surface area contributed by atoms with Crippen molar-refractivity contribution in [3.8, 4) is 17.0 Å². The second-order valence-corrected chi connectivity index (χ2v) is 8.25. The minimum Gasteiger partial charge on any atom is -0.497 e. The highest BCUT2D eigenvalue weighted by atomic mass is 32.2. The first-order valence-electron chi connectivity index (χ1n) is 8.42. The number of thiazole rings is 1. The van der Waals surface area contributed by atoms with Gasteiger partial charge in [0.25, 0.3) is 0 Å². The van der Waals surface area contributed by atoms with Crippen molar-refractivity contribution in [2.75, 3.05) is 18.2 Å². The summed E-state index contributed by atoms with van der Waals surface area (Å²) in [4.78, 5) is 17.9. The molecule has 7 nitrogen and oxygen atoms in total. The molecule has 0 saturated heterocycles. The number of carbonyl (C=O) groups excluding carboxylic acids is 1. The summed E-state index contributed by atoms with van der Waals surface area (Å²) < 4.78 is 7.12. The highest BCUT2D eigenvalue weighted by Gasteiger charge is 2.14. The Balaban J connectivity index is 1.63. The van der Waals surface area contributed by atoms with Gasteiger partial charge in [0, 0.05) is 16.5 Å². The SMILES string of the molecule is COc1ccc(-c2nc(NC(=O)CSc3nncn3C(C)C)sc2C)cc1. The summed E-state index contributed by atoms with van der Waals surface area (Å²) in [6.07, 6.45) is 1.68. The molecule has 2 heterocycles. The van der Waals surface area contributed by atoms with Crippen molar-refractivity contribution in [3.63, 3.8) is 0 Å². The standard InChI is InChI=1S/C18H21N5O2S2/c1-11(2)23-10-19-22-18(23)26-9-15(24)20-17-21-16(12(3)27-17)13-5-7-14(25-4)8-6-13/h5-8,10-11H,9H2,1-4H3,(H,20,21,24). The fraction of sp³-hybridized carbons (Fsp3) is 0.333. The van der Waals surface area contributed by atoms with E-state index < -0.39 is 0 Å². The number of hydrogen-bond donors (Lipinski definition) is 1. The van der Waals surface area contributed by atoms with Crippen LogP contribution in [0.2, 0.25) is 0 Å². The molecule has 0 unspecified atom stereocenters. The Morgan fingerprint density at radius 2 is 2.07 bits per heavy atom. The number of ether oxygens (including phenoxy) is 1. The molecule has 9 heteroatoms. The molecule has 1 N–H and O–H groups in total. The monoisotopic (exact) mass is 403 g/mol. The van der Waals surface area contributed by atoms with Gasteiger partial charge in [-0.1, -0.05) is 11.8 Å². The molecule has 2 aromatic heterocycles. The molecular formula is C18H21N5O2S2. The van der Waals surface area contributed by atoms with Crippen molar-refractivity contribution in [2.24, 2.45) is 0 Å². The summed E-state index contributed by atoms with van der Waals surface area (Å²) in [6.45, 7) is 6.09. The van der Waals surface area contributed by atoms with E-state index in [-0.39, 0.29) is 17.7 Å². The van der Waals surface area contributed by atoms with Gasteiger partial charge in [0.1, 0.15) is 12.1 Å². The van der Waals surface area contributed by atoms with E-state index in [1.165, 1.54) is 23.1 Å². The van der Waals surface area contributed by atoms with Gasteiger partial charge in [-0.25, -0.2) is 4.98 Å². The van der Waals surface area contributed by atoms with Gasteiger partial charge >= 0.3 is 0 Å². The Labute approximate surface area is 166 Å². The zero-order chi connectivity index (χ0) is 19.4. The normalized spacial score (nSPS) is 11.0. The number of nitrogens with zero attached hydrogens (tertiary/aromatic N) is 4. The molecule has 0 atom stereocenters. The smallest absolute Gasteiger partial charge is 0.236 e. The van der Waals surface area contributed by atoms with Crippen LogP contribution in [0.4, 0.5) is 5.13 Å². The van der Waals surface area contributed by atoms with Crippen molar-refractivity contribution < 1.29 is 9.53 Å². The predicted molar refractivity (Wildman–Crippen MR) is 109 cm³/mol. The van der Waals surface area contributed by atoms with Crippen LogP contribution in [0.5, 0.6) is 5.75 Å². The Hall–Kier alpha value is -2.39. The number of carbonyl (C=O) groups is 1. The third-order valence-electron chi connectivity index (χ3n) is 3.84.